The van der Waals surface area contributed by atoms with E-state index in [9.17, 15) is 14.4 Å². The van der Waals surface area contributed by atoms with Gasteiger partial charge < -0.3 is 20.3 Å². The number of nitrogens with one attached hydrogen (secondary N) is 3. The lowest BCUT2D eigenvalue weighted by molar-refractivity contribution is -0.897. The van der Waals surface area contributed by atoms with E-state index in [2.05, 4.69) is 10.6 Å². The van der Waals surface area contributed by atoms with Gasteiger partial charge >= 0.3 is 5.97 Å². The molecular weight excluding hydrogens is 322 g/mol. The number of carbonyl (C=O) groups is 3. The molecule has 0 aromatic heterocycles. The molecule has 2 rings (SSSR count). The number of piperidine rings is 1. The second-order valence-corrected chi connectivity index (χ2v) is 6.16. The summed E-state index contributed by atoms with van der Waals surface area (Å²) in [6.07, 6.45) is 1.49. The first-order chi connectivity index (χ1) is 12.0. The third-order valence-electron chi connectivity index (χ3n) is 4.36. The molecule has 0 aliphatic carbocycles. The van der Waals surface area contributed by atoms with Gasteiger partial charge in [0.1, 0.15) is 0 Å². The standard InChI is InChI=1S/C18H25N3O4/c1-3-25-18(24)13-7-9-21(10-8-13)12-16(22)20-15-6-4-5-14(11-15)17(23)19-2/h4-6,11,13H,3,7-10,12H2,1-2H3,(H,19,23)(H,20,22)/p+1. The monoisotopic (exact) mass is 348 g/mol. The van der Waals surface area contributed by atoms with E-state index in [1.54, 1.807) is 31.3 Å². The molecule has 0 unspecified atom stereocenters. The normalized spacial score (nSPS) is 19.8. The van der Waals surface area contributed by atoms with Gasteiger partial charge in [-0.2, -0.15) is 0 Å². The van der Waals surface area contributed by atoms with Crippen LogP contribution in [0.2, 0.25) is 0 Å². The van der Waals surface area contributed by atoms with Crippen molar-refractivity contribution in [2.24, 2.45) is 5.92 Å². The molecule has 1 fully saturated rings. The van der Waals surface area contributed by atoms with Crippen LogP contribution in [0.25, 0.3) is 0 Å². The summed E-state index contributed by atoms with van der Waals surface area (Å²) < 4.78 is 5.06. The molecule has 1 heterocycles. The van der Waals surface area contributed by atoms with Gasteiger partial charge in [0, 0.05) is 31.1 Å². The summed E-state index contributed by atoms with van der Waals surface area (Å²) in [4.78, 5) is 36.7. The van der Waals surface area contributed by atoms with Crippen LogP contribution in [0.4, 0.5) is 5.69 Å². The van der Waals surface area contributed by atoms with Gasteiger partial charge in [-0.15, -0.1) is 0 Å². The van der Waals surface area contributed by atoms with Crippen molar-refractivity contribution in [3.8, 4) is 0 Å². The molecule has 1 aliphatic heterocycles. The molecule has 136 valence electrons. The Bertz CT molecular complexity index is 625. The maximum absolute atomic E-state index is 12.2. The van der Waals surface area contributed by atoms with Crippen LogP contribution < -0.4 is 15.5 Å². The van der Waals surface area contributed by atoms with Gasteiger partial charge in [0.05, 0.1) is 25.6 Å². The quantitative estimate of drug-likeness (QED) is 0.624. The molecule has 3 N–H and O–H groups in total. The van der Waals surface area contributed by atoms with Crippen LogP contribution in [0.1, 0.15) is 30.1 Å². The molecule has 25 heavy (non-hydrogen) atoms. The van der Waals surface area contributed by atoms with Crippen molar-refractivity contribution in [2.45, 2.75) is 19.8 Å². The van der Waals surface area contributed by atoms with Crippen molar-refractivity contribution in [2.75, 3.05) is 38.6 Å². The molecule has 1 aromatic carbocycles. The van der Waals surface area contributed by atoms with Crippen molar-refractivity contribution < 1.29 is 24.0 Å². The first-order valence-electron chi connectivity index (χ1n) is 8.65. The van der Waals surface area contributed by atoms with Crippen molar-refractivity contribution in [3.63, 3.8) is 0 Å². The number of hydrogen-bond acceptors (Lipinski definition) is 4. The Kier molecular flexibility index (Phi) is 6.94. The summed E-state index contributed by atoms with van der Waals surface area (Å²) in [5, 5.41) is 5.39. The zero-order valence-electron chi connectivity index (χ0n) is 14.8. The molecule has 0 saturated carbocycles. The number of hydrogen-bond donors (Lipinski definition) is 3. The Morgan fingerprint density at radius 1 is 1.24 bits per heavy atom. The Hall–Kier alpha value is -2.41. The lowest BCUT2D eigenvalue weighted by Gasteiger charge is -2.27. The fraction of sp³-hybridized carbons (Fsp3) is 0.500. The van der Waals surface area contributed by atoms with Crippen LogP contribution >= 0.6 is 0 Å². The molecular formula is C18H26N3O4+. The van der Waals surface area contributed by atoms with E-state index in [1.165, 1.54) is 0 Å². The average molecular weight is 348 g/mol. The van der Waals surface area contributed by atoms with Crippen LogP contribution in [-0.2, 0) is 14.3 Å². The Morgan fingerprint density at radius 2 is 1.96 bits per heavy atom. The van der Waals surface area contributed by atoms with E-state index in [0.717, 1.165) is 30.8 Å². The van der Waals surface area contributed by atoms with Gasteiger partial charge in [0.25, 0.3) is 11.8 Å². The lowest BCUT2D eigenvalue weighted by Crippen LogP contribution is -3.14. The van der Waals surface area contributed by atoms with E-state index < -0.39 is 0 Å². The highest BCUT2D eigenvalue weighted by atomic mass is 16.5. The number of esters is 1. The number of rotatable bonds is 6. The average Bonchev–Trinajstić information content (AvgIpc) is 2.62. The van der Waals surface area contributed by atoms with Gasteiger partial charge in [-0.3, -0.25) is 14.4 Å². The number of ether oxygens (including phenoxy) is 1. The van der Waals surface area contributed by atoms with Gasteiger partial charge in [-0.05, 0) is 25.1 Å². The SMILES string of the molecule is CCOC(=O)C1CC[NH+](CC(=O)Nc2cccc(C(=O)NC)c2)CC1. The first kappa shape index (κ1) is 18.9. The number of carbonyl (C=O) groups excluding carboxylic acids is 3. The van der Waals surface area contributed by atoms with Crippen molar-refractivity contribution in [1.29, 1.82) is 0 Å². The second-order valence-electron chi connectivity index (χ2n) is 6.16. The summed E-state index contributed by atoms with van der Waals surface area (Å²) >= 11 is 0. The summed E-state index contributed by atoms with van der Waals surface area (Å²) in [6, 6.07) is 6.84. The topological polar surface area (TPSA) is 88.9 Å². The summed E-state index contributed by atoms with van der Waals surface area (Å²) in [5.41, 5.74) is 1.11. The van der Waals surface area contributed by atoms with E-state index >= 15 is 0 Å². The van der Waals surface area contributed by atoms with Crippen LogP contribution in [0.15, 0.2) is 24.3 Å². The molecule has 0 atom stereocenters. The Labute approximate surface area is 147 Å². The van der Waals surface area contributed by atoms with Crippen LogP contribution in [0.3, 0.4) is 0 Å². The number of anilines is 1. The Morgan fingerprint density at radius 3 is 2.60 bits per heavy atom. The molecule has 1 saturated heterocycles. The first-order valence-corrected chi connectivity index (χ1v) is 8.65. The molecule has 0 radical (unpaired) electrons. The maximum Gasteiger partial charge on any atom is 0.309 e. The van der Waals surface area contributed by atoms with Gasteiger partial charge in [0.15, 0.2) is 6.54 Å². The molecule has 1 aliphatic rings. The molecule has 0 spiro atoms. The van der Waals surface area contributed by atoms with Gasteiger partial charge in [0.2, 0.25) is 0 Å². The largest absolute Gasteiger partial charge is 0.466 e. The molecule has 0 bridgehead atoms. The lowest BCUT2D eigenvalue weighted by atomic mass is 9.97. The minimum Gasteiger partial charge on any atom is -0.466 e. The Balaban J connectivity index is 1.81. The van der Waals surface area contributed by atoms with Gasteiger partial charge in [-0.1, -0.05) is 6.07 Å². The van der Waals surface area contributed by atoms with E-state index in [1.807, 2.05) is 6.92 Å². The highest BCUT2D eigenvalue weighted by molar-refractivity contribution is 5.97. The highest BCUT2D eigenvalue weighted by Gasteiger charge is 2.29. The predicted molar refractivity (Wildman–Crippen MR) is 93.4 cm³/mol. The van der Waals surface area contributed by atoms with Crippen molar-refractivity contribution in [1.82, 2.24) is 5.32 Å². The molecule has 1 aromatic rings. The van der Waals surface area contributed by atoms with E-state index in [-0.39, 0.29) is 23.7 Å². The van der Waals surface area contributed by atoms with Crippen LogP contribution in [0, 0.1) is 5.92 Å². The third kappa shape index (κ3) is 5.56. The van der Waals surface area contributed by atoms with Crippen molar-refractivity contribution >= 4 is 23.5 Å². The second kappa shape index (κ2) is 9.17. The fourth-order valence-corrected chi connectivity index (χ4v) is 3.01. The summed E-state index contributed by atoms with van der Waals surface area (Å²) in [6.45, 7) is 4.11. The fourth-order valence-electron chi connectivity index (χ4n) is 3.01. The smallest absolute Gasteiger partial charge is 0.309 e. The molecule has 2 amide bonds. The van der Waals surface area contributed by atoms with Crippen LogP contribution in [0.5, 0.6) is 0 Å². The number of likely N-dealkylation sites (tertiary alicyclic amines) is 1. The van der Waals surface area contributed by atoms with Crippen molar-refractivity contribution in [3.05, 3.63) is 29.8 Å². The number of benzene rings is 1. The van der Waals surface area contributed by atoms with Gasteiger partial charge in [-0.25, -0.2) is 0 Å². The van der Waals surface area contributed by atoms with Crippen LogP contribution in [-0.4, -0.2) is 51.1 Å². The summed E-state index contributed by atoms with van der Waals surface area (Å²) in [7, 11) is 1.57. The number of quaternary nitrogens is 1. The predicted octanol–water partition coefficient (Wildman–Crippen LogP) is -0.157. The maximum atomic E-state index is 12.2. The summed E-state index contributed by atoms with van der Waals surface area (Å²) in [5.74, 6) is -0.464. The highest BCUT2D eigenvalue weighted by Crippen LogP contribution is 2.12. The van der Waals surface area contributed by atoms with E-state index in [0.29, 0.717) is 24.4 Å². The zero-order chi connectivity index (χ0) is 18.2. The third-order valence-corrected chi connectivity index (χ3v) is 4.36. The minimum atomic E-state index is -0.192. The number of amides is 2. The van der Waals surface area contributed by atoms with E-state index in [4.69, 9.17) is 4.74 Å². The minimum absolute atomic E-state index is 0.0454. The molecule has 7 nitrogen and oxygen atoms in total. The zero-order valence-corrected chi connectivity index (χ0v) is 14.8. The molecule has 7 heteroatoms.